The number of nitrogens with zero attached hydrogens (tertiary/aromatic N) is 3. The second kappa shape index (κ2) is 9.65. The number of aromatic nitrogens is 2. The van der Waals surface area contributed by atoms with Crippen LogP contribution in [0.25, 0.3) is 0 Å². The van der Waals surface area contributed by atoms with Crippen molar-refractivity contribution in [2.75, 3.05) is 63.6 Å². The third kappa shape index (κ3) is 5.20. The largest absolute Gasteiger partial charge is 0.497 e. The first kappa shape index (κ1) is 18.8. The maximum atomic E-state index is 6.30. The molecule has 1 aromatic carbocycles. The van der Waals surface area contributed by atoms with Crippen molar-refractivity contribution in [3.8, 4) is 5.75 Å². The standard InChI is InChI=1S/C17H25N5O3/c1-23-10-8-22(9-11-24-2)17-15(18)16(19-12-20-17)21-13-4-6-14(25-3)7-5-13/h4-7,12H,8-11,18H2,1-3H3,(H,19,20,21). The van der Waals surface area contributed by atoms with Crippen molar-refractivity contribution in [3.05, 3.63) is 30.6 Å². The molecule has 0 radical (unpaired) electrons. The van der Waals surface area contributed by atoms with Gasteiger partial charge in [-0.05, 0) is 24.3 Å². The Hall–Kier alpha value is -2.58. The molecule has 8 nitrogen and oxygen atoms in total. The van der Waals surface area contributed by atoms with Gasteiger partial charge in [0.05, 0.1) is 20.3 Å². The summed E-state index contributed by atoms with van der Waals surface area (Å²) in [6.07, 6.45) is 1.49. The van der Waals surface area contributed by atoms with Crippen molar-refractivity contribution in [1.29, 1.82) is 0 Å². The fraction of sp³-hybridized carbons (Fsp3) is 0.412. The number of ether oxygens (including phenoxy) is 3. The van der Waals surface area contributed by atoms with E-state index in [0.29, 0.717) is 43.6 Å². The van der Waals surface area contributed by atoms with Crippen LogP contribution < -0.4 is 20.7 Å². The van der Waals surface area contributed by atoms with Crippen LogP contribution in [-0.2, 0) is 9.47 Å². The highest BCUT2D eigenvalue weighted by Gasteiger charge is 2.15. The van der Waals surface area contributed by atoms with Gasteiger partial charge in [-0.1, -0.05) is 0 Å². The summed E-state index contributed by atoms with van der Waals surface area (Å²) in [5.74, 6) is 1.99. The van der Waals surface area contributed by atoms with Gasteiger partial charge in [-0.2, -0.15) is 0 Å². The molecule has 0 unspecified atom stereocenters. The van der Waals surface area contributed by atoms with Gasteiger partial charge < -0.3 is 30.2 Å². The van der Waals surface area contributed by atoms with Gasteiger partial charge >= 0.3 is 0 Å². The van der Waals surface area contributed by atoms with Gasteiger partial charge in [0.2, 0.25) is 0 Å². The Balaban J connectivity index is 2.20. The van der Waals surface area contributed by atoms with E-state index in [1.165, 1.54) is 6.33 Å². The second-order valence-electron chi connectivity index (χ2n) is 5.29. The first-order chi connectivity index (χ1) is 12.2. The highest BCUT2D eigenvalue weighted by Crippen LogP contribution is 2.28. The van der Waals surface area contributed by atoms with Crippen molar-refractivity contribution >= 4 is 23.0 Å². The molecule has 1 aromatic heterocycles. The molecule has 1 heterocycles. The third-order valence-electron chi connectivity index (χ3n) is 3.65. The van der Waals surface area contributed by atoms with Crippen molar-refractivity contribution in [1.82, 2.24) is 9.97 Å². The number of anilines is 4. The molecule has 0 aliphatic carbocycles. The third-order valence-corrected chi connectivity index (χ3v) is 3.65. The first-order valence-corrected chi connectivity index (χ1v) is 7.94. The van der Waals surface area contributed by atoms with E-state index >= 15 is 0 Å². The minimum atomic E-state index is 0.477. The summed E-state index contributed by atoms with van der Waals surface area (Å²) < 4.78 is 15.5. The summed E-state index contributed by atoms with van der Waals surface area (Å²) in [6, 6.07) is 7.52. The van der Waals surface area contributed by atoms with E-state index in [-0.39, 0.29) is 0 Å². The molecule has 0 aliphatic rings. The number of benzene rings is 1. The number of rotatable bonds is 10. The lowest BCUT2D eigenvalue weighted by Gasteiger charge is -2.25. The number of methoxy groups -OCH3 is 3. The predicted molar refractivity (Wildman–Crippen MR) is 98.7 cm³/mol. The molecule has 136 valence electrons. The number of nitrogens with two attached hydrogens (primary N) is 1. The number of nitrogen functional groups attached to an aromatic ring is 1. The molecule has 0 fully saturated rings. The number of hydrogen-bond acceptors (Lipinski definition) is 8. The van der Waals surface area contributed by atoms with Crippen molar-refractivity contribution in [2.45, 2.75) is 0 Å². The van der Waals surface area contributed by atoms with Gasteiger partial charge in [0.25, 0.3) is 0 Å². The quantitative estimate of drug-likeness (QED) is 0.673. The molecule has 0 saturated heterocycles. The molecule has 0 saturated carbocycles. The molecular weight excluding hydrogens is 322 g/mol. The monoisotopic (exact) mass is 347 g/mol. The molecule has 8 heteroatoms. The Labute approximate surface area is 147 Å². The summed E-state index contributed by atoms with van der Waals surface area (Å²) in [5, 5.41) is 3.21. The Morgan fingerprint density at radius 1 is 1.00 bits per heavy atom. The van der Waals surface area contributed by atoms with Crippen molar-refractivity contribution in [3.63, 3.8) is 0 Å². The topological polar surface area (TPSA) is 94.8 Å². The lowest BCUT2D eigenvalue weighted by Crippen LogP contribution is -2.32. The summed E-state index contributed by atoms with van der Waals surface area (Å²) in [6.45, 7) is 2.44. The van der Waals surface area contributed by atoms with Crippen molar-refractivity contribution < 1.29 is 14.2 Å². The molecule has 0 spiro atoms. The Kier molecular flexibility index (Phi) is 7.24. The van der Waals surface area contributed by atoms with Gasteiger partial charge in [-0.3, -0.25) is 0 Å². The average Bonchev–Trinajstić information content (AvgIpc) is 2.65. The zero-order valence-corrected chi connectivity index (χ0v) is 14.9. The smallest absolute Gasteiger partial charge is 0.159 e. The first-order valence-electron chi connectivity index (χ1n) is 7.94. The van der Waals surface area contributed by atoms with Gasteiger partial charge in [0.1, 0.15) is 17.8 Å². The van der Waals surface area contributed by atoms with Gasteiger partial charge in [-0.25, -0.2) is 9.97 Å². The highest BCUT2D eigenvalue weighted by molar-refractivity contribution is 5.78. The maximum absolute atomic E-state index is 6.30. The molecule has 2 rings (SSSR count). The zero-order chi connectivity index (χ0) is 18.1. The summed E-state index contributed by atoms with van der Waals surface area (Å²) >= 11 is 0. The maximum Gasteiger partial charge on any atom is 0.159 e. The predicted octanol–water partition coefficient (Wildman–Crippen LogP) is 1.91. The lowest BCUT2D eigenvalue weighted by molar-refractivity contribution is 0.190. The summed E-state index contributed by atoms with van der Waals surface area (Å²) in [5.41, 5.74) is 7.63. The minimum Gasteiger partial charge on any atom is -0.497 e. The van der Waals surface area contributed by atoms with E-state index in [2.05, 4.69) is 15.3 Å². The van der Waals surface area contributed by atoms with E-state index in [1.54, 1.807) is 21.3 Å². The van der Waals surface area contributed by atoms with E-state index < -0.39 is 0 Å². The Morgan fingerprint density at radius 2 is 1.64 bits per heavy atom. The van der Waals surface area contributed by atoms with Crippen LogP contribution in [0.5, 0.6) is 5.75 Å². The fourth-order valence-corrected chi connectivity index (χ4v) is 2.28. The van der Waals surface area contributed by atoms with Gasteiger partial charge in [-0.15, -0.1) is 0 Å². The van der Waals surface area contributed by atoms with Crippen LogP contribution in [0.3, 0.4) is 0 Å². The molecule has 0 amide bonds. The van der Waals surface area contributed by atoms with E-state index in [1.807, 2.05) is 29.2 Å². The van der Waals surface area contributed by atoms with Crippen LogP contribution in [0, 0.1) is 0 Å². The van der Waals surface area contributed by atoms with Crippen LogP contribution in [0.15, 0.2) is 30.6 Å². The number of nitrogens with one attached hydrogen (secondary N) is 1. The molecular formula is C17H25N5O3. The van der Waals surface area contributed by atoms with E-state index in [9.17, 15) is 0 Å². The van der Waals surface area contributed by atoms with Crippen molar-refractivity contribution in [2.24, 2.45) is 0 Å². The van der Waals surface area contributed by atoms with Crippen LogP contribution in [-0.4, -0.2) is 57.6 Å². The van der Waals surface area contributed by atoms with Crippen LogP contribution in [0.4, 0.5) is 23.0 Å². The van der Waals surface area contributed by atoms with E-state index in [0.717, 1.165) is 11.4 Å². The normalized spacial score (nSPS) is 10.5. The fourth-order valence-electron chi connectivity index (χ4n) is 2.28. The molecule has 25 heavy (non-hydrogen) atoms. The van der Waals surface area contributed by atoms with E-state index in [4.69, 9.17) is 19.9 Å². The zero-order valence-electron chi connectivity index (χ0n) is 14.9. The molecule has 0 bridgehead atoms. The van der Waals surface area contributed by atoms with Gasteiger partial charge in [0.15, 0.2) is 11.6 Å². The molecule has 2 aromatic rings. The number of hydrogen-bond donors (Lipinski definition) is 2. The molecule has 0 atom stereocenters. The molecule has 0 aliphatic heterocycles. The van der Waals surface area contributed by atoms with Crippen LogP contribution >= 0.6 is 0 Å². The van der Waals surface area contributed by atoms with Gasteiger partial charge in [0, 0.05) is 33.0 Å². The summed E-state index contributed by atoms with van der Waals surface area (Å²) in [7, 11) is 4.95. The minimum absolute atomic E-state index is 0.477. The molecule has 3 N–H and O–H groups in total. The average molecular weight is 347 g/mol. The highest BCUT2D eigenvalue weighted by atomic mass is 16.5. The Bertz CT molecular complexity index is 643. The second-order valence-corrected chi connectivity index (χ2v) is 5.29. The lowest BCUT2D eigenvalue weighted by atomic mass is 10.3. The summed E-state index contributed by atoms with van der Waals surface area (Å²) in [4.78, 5) is 10.6. The van der Waals surface area contributed by atoms with Crippen LogP contribution in [0.2, 0.25) is 0 Å². The Morgan fingerprint density at radius 3 is 2.20 bits per heavy atom. The van der Waals surface area contributed by atoms with Crippen LogP contribution in [0.1, 0.15) is 0 Å². The SMILES string of the molecule is COCCN(CCOC)c1ncnc(Nc2ccc(OC)cc2)c1N.